The molecule has 22 heavy (non-hydrogen) atoms. The predicted molar refractivity (Wildman–Crippen MR) is 91.6 cm³/mol. The number of amides is 1. The van der Waals surface area contributed by atoms with Crippen LogP contribution in [0.5, 0.6) is 0 Å². The molecule has 1 aliphatic heterocycles. The Bertz CT molecular complexity index is 672. The summed E-state index contributed by atoms with van der Waals surface area (Å²) in [7, 11) is -3.69. The summed E-state index contributed by atoms with van der Waals surface area (Å²) < 4.78 is 23.3. The Morgan fingerprint density at radius 2 is 2.14 bits per heavy atom. The van der Waals surface area contributed by atoms with E-state index in [-0.39, 0.29) is 16.8 Å². The summed E-state index contributed by atoms with van der Waals surface area (Å²) >= 11 is 3.11. The van der Waals surface area contributed by atoms with E-state index in [1.165, 1.54) is 23.9 Å². The van der Waals surface area contributed by atoms with Crippen molar-refractivity contribution in [1.82, 2.24) is 5.32 Å². The molecule has 1 aromatic carbocycles. The lowest BCUT2D eigenvalue weighted by Crippen LogP contribution is -2.28. The Labute approximate surface area is 138 Å². The zero-order valence-corrected chi connectivity index (χ0v) is 14.4. The molecule has 1 aromatic rings. The fourth-order valence-corrected chi connectivity index (χ4v) is 4.18. The Morgan fingerprint density at radius 1 is 1.45 bits per heavy atom. The van der Waals surface area contributed by atoms with E-state index in [0.717, 1.165) is 22.2 Å². The van der Waals surface area contributed by atoms with E-state index >= 15 is 0 Å². The number of primary sulfonamides is 1. The van der Waals surface area contributed by atoms with Crippen molar-refractivity contribution >= 4 is 43.8 Å². The predicted octanol–water partition coefficient (Wildman–Crippen LogP) is 1.35. The van der Waals surface area contributed by atoms with Crippen molar-refractivity contribution in [3.8, 4) is 0 Å². The van der Waals surface area contributed by atoms with Gasteiger partial charge in [-0.2, -0.15) is 0 Å². The minimum Gasteiger partial charge on any atom is -0.349 e. The van der Waals surface area contributed by atoms with E-state index in [2.05, 4.69) is 10.3 Å². The van der Waals surface area contributed by atoms with Crippen molar-refractivity contribution in [3.63, 3.8) is 0 Å². The lowest BCUT2D eigenvalue weighted by atomic mass is 10.1. The average Bonchev–Trinajstić information content (AvgIpc) is 2.97. The first kappa shape index (κ1) is 17.3. The van der Waals surface area contributed by atoms with E-state index in [1.807, 2.05) is 6.92 Å². The van der Waals surface area contributed by atoms with Crippen LogP contribution in [0.1, 0.15) is 18.5 Å². The summed E-state index contributed by atoms with van der Waals surface area (Å²) in [6.07, 6.45) is 0. The van der Waals surface area contributed by atoms with Crippen molar-refractivity contribution in [2.45, 2.75) is 17.9 Å². The maximum atomic E-state index is 11.9. The molecule has 3 N–H and O–H groups in total. The van der Waals surface area contributed by atoms with Crippen LogP contribution in [0.3, 0.4) is 0 Å². The van der Waals surface area contributed by atoms with Gasteiger partial charge >= 0.3 is 0 Å². The quantitative estimate of drug-likeness (QED) is 0.826. The fraction of sp³-hybridized carbons (Fsp3) is 0.385. The molecule has 0 aliphatic carbocycles. The number of hydrogen-bond acceptors (Lipinski definition) is 6. The van der Waals surface area contributed by atoms with Gasteiger partial charge in [0.15, 0.2) is 0 Å². The molecular formula is C13H17N3O3S3. The van der Waals surface area contributed by atoms with Gasteiger partial charge in [0.2, 0.25) is 15.9 Å². The van der Waals surface area contributed by atoms with Crippen LogP contribution < -0.4 is 10.5 Å². The second-order valence-corrected chi connectivity index (χ2v) is 8.56. The third kappa shape index (κ3) is 5.01. The second kappa shape index (κ2) is 7.49. The van der Waals surface area contributed by atoms with Gasteiger partial charge in [-0.15, -0.1) is 0 Å². The summed E-state index contributed by atoms with van der Waals surface area (Å²) in [4.78, 5) is 16.2. The topological polar surface area (TPSA) is 102 Å². The van der Waals surface area contributed by atoms with Crippen molar-refractivity contribution in [3.05, 3.63) is 29.8 Å². The van der Waals surface area contributed by atoms with Crippen molar-refractivity contribution in [1.29, 1.82) is 0 Å². The molecule has 0 fully saturated rings. The minimum absolute atomic E-state index is 0.0570. The molecule has 6 nitrogen and oxygen atoms in total. The molecule has 1 atom stereocenters. The number of nitrogens with one attached hydrogen (secondary N) is 1. The summed E-state index contributed by atoms with van der Waals surface area (Å²) in [5.41, 5.74) is 0.818. The number of nitrogens with two attached hydrogens (primary N) is 1. The van der Waals surface area contributed by atoms with E-state index < -0.39 is 10.0 Å². The van der Waals surface area contributed by atoms with Gasteiger partial charge in [0.25, 0.3) is 0 Å². The third-order valence-corrected chi connectivity index (χ3v) is 6.15. The van der Waals surface area contributed by atoms with Crippen LogP contribution in [0.25, 0.3) is 0 Å². The van der Waals surface area contributed by atoms with Crippen LogP contribution in [0.2, 0.25) is 0 Å². The molecule has 120 valence electrons. The van der Waals surface area contributed by atoms with Crippen molar-refractivity contribution in [2.24, 2.45) is 10.1 Å². The zero-order chi connectivity index (χ0) is 16.2. The van der Waals surface area contributed by atoms with E-state index in [0.29, 0.717) is 5.75 Å². The smallest absolute Gasteiger partial charge is 0.238 e. The van der Waals surface area contributed by atoms with Gasteiger partial charge in [-0.1, -0.05) is 35.7 Å². The van der Waals surface area contributed by atoms with Gasteiger partial charge in [-0.25, -0.2) is 13.6 Å². The monoisotopic (exact) mass is 359 g/mol. The Kier molecular flexibility index (Phi) is 5.90. The fourth-order valence-electron chi connectivity index (χ4n) is 1.84. The number of sulfonamides is 1. The average molecular weight is 359 g/mol. The molecule has 1 amide bonds. The number of carbonyl (C=O) groups excluding carboxylic acids is 1. The lowest BCUT2D eigenvalue weighted by Gasteiger charge is -2.14. The van der Waals surface area contributed by atoms with Crippen LogP contribution in [0.15, 0.2) is 34.2 Å². The van der Waals surface area contributed by atoms with Gasteiger partial charge in [0.05, 0.1) is 23.2 Å². The summed E-state index contributed by atoms with van der Waals surface area (Å²) in [6.45, 7) is 2.66. The molecule has 0 spiro atoms. The zero-order valence-electron chi connectivity index (χ0n) is 12.0. The number of benzene rings is 1. The van der Waals surface area contributed by atoms with E-state index in [4.69, 9.17) is 5.14 Å². The third-order valence-electron chi connectivity index (χ3n) is 2.97. The first-order valence-corrected chi connectivity index (χ1v) is 10.1. The van der Waals surface area contributed by atoms with Gasteiger partial charge in [-0.05, 0) is 24.6 Å². The number of hydrogen-bond donors (Lipinski definition) is 2. The highest BCUT2D eigenvalue weighted by Gasteiger charge is 2.14. The number of thioether (sulfide) groups is 2. The highest BCUT2D eigenvalue weighted by atomic mass is 32.2. The van der Waals surface area contributed by atoms with Crippen LogP contribution >= 0.6 is 23.5 Å². The first-order chi connectivity index (χ1) is 10.4. The maximum Gasteiger partial charge on any atom is 0.238 e. The molecule has 0 saturated heterocycles. The summed E-state index contributed by atoms with van der Waals surface area (Å²) in [5, 5.41) is 7.92. The van der Waals surface area contributed by atoms with Crippen molar-refractivity contribution in [2.75, 3.05) is 18.1 Å². The Morgan fingerprint density at radius 3 is 2.68 bits per heavy atom. The molecule has 0 radical (unpaired) electrons. The van der Waals surface area contributed by atoms with E-state index in [9.17, 15) is 13.2 Å². The van der Waals surface area contributed by atoms with Gasteiger partial charge < -0.3 is 5.32 Å². The molecule has 2 rings (SSSR count). The van der Waals surface area contributed by atoms with Gasteiger partial charge in [0, 0.05) is 5.75 Å². The second-order valence-electron chi connectivity index (χ2n) is 4.69. The molecule has 0 unspecified atom stereocenters. The SMILES string of the molecule is C[C@H](NC(=O)CSC1=NCCS1)c1ccc(S(N)(=O)=O)cc1. The largest absolute Gasteiger partial charge is 0.349 e. The number of nitrogens with zero attached hydrogens (tertiary/aromatic N) is 1. The highest BCUT2D eigenvalue weighted by molar-refractivity contribution is 8.39. The molecule has 1 aliphatic rings. The van der Waals surface area contributed by atoms with Crippen LogP contribution in [-0.4, -0.2) is 36.8 Å². The van der Waals surface area contributed by atoms with Gasteiger partial charge in [-0.3, -0.25) is 9.79 Å². The molecule has 9 heteroatoms. The first-order valence-electron chi connectivity index (χ1n) is 6.58. The van der Waals surface area contributed by atoms with Crippen LogP contribution in [0.4, 0.5) is 0 Å². The number of rotatable bonds is 5. The van der Waals surface area contributed by atoms with Crippen LogP contribution in [0, 0.1) is 0 Å². The molecule has 0 saturated carbocycles. The van der Waals surface area contributed by atoms with E-state index in [1.54, 1.807) is 23.9 Å². The Hall–Kier alpha value is -1.03. The number of aliphatic imine (C=N–C) groups is 1. The minimum atomic E-state index is -3.69. The van der Waals surface area contributed by atoms with Crippen LogP contribution in [-0.2, 0) is 14.8 Å². The normalized spacial score (nSPS) is 16.2. The standard InChI is InChI=1S/C13H17N3O3S3/c1-9(10-2-4-11(5-3-10)22(14,18)19)16-12(17)8-21-13-15-6-7-20-13/h2-5,9H,6-8H2,1H3,(H,16,17)(H2,14,18,19)/t9-/m0/s1. The summed E-state index contributed by atoms with van der Waals surface area (Å²) in [5.74, 6) is 1.23. The van der Waals surface area contributed by atoms with Gasteiger partial charge in [0.1, 0.15) is 4.38 Å². The molecule has 1 heterocycles. The molecular weight excluding hydrogens is 342 g/mol. The maximum absolute atomic E-state index is 11.9. The Balaban J connectivity index is 1.88. The van der Waals surface area contributed by atoms with Crippen molar-refractivity contribution < 1.29 is 13.2 Å². The number of carbonyl (C=O) groups is 1. The summed E-state index contributed by atoms with van der Waals surface area (Å²) in [6, 6.07) is 5.96. The highest BCUT2D eigenvalue weighted by Crippen LogP contribution is 2.22. The molecule has 0 aromatic heterocycles. The molecule has 0 bridgehead atoms. The lowest BCUT2D eigenvalue weighted by molar-refractivity contribution is -0.119.